The number of ether oxygens (including phenoxy) is 2. The van der Waals surface area contributed by atoms with E-state index in [0.717, 1.165) is 11.3 Å². The number of nitrogens with zero attached hydrogens (tertiary/aromatic N) is 3. The van der Waals surface area contributed by atoms with Gasteiger partial charge in [-0.25, -0.2) is 9.69 Å². The van der Waals surface area contributed by atoms with Gasteiger partial charge >= 0.3 is 5.97 Å². The van der Waals surface area contributed by atoms with E-state index in [1.165, 1.54) is 36.3 Å². The van der Waals surface area contributed by atoms with Crippen molar-refractivity contribution >= 4 is 35.1 Å². The summed E-state index contributed by atoms with van der Waals surface area (Å²) in [7, 11) is 3.08. The molecule has 0 radical (unpaired) electrons. The Hall–Kier alpha value is -4.86. The lowest BCUT2D eigenvalue weighted by molar-refractivity contribution is -0.118. The van der Waals surface area contributed by atoms with Gasteiger partial charge in [0.15, 0.2) is 11.5 Å². The maximum absolute atomic E-state index is 13.2. The van der Waals surface area contributed by atoms with Crippen LogP contribution in [0.5, 0.6) is 11.5 Å². The van der Waals surface area contributed by atoms with Gasteiger partial charge in [-0.1, -0.05) is 0 Å². The number of aromatic carboxylic acids is 1. The van der Waals surface area contributed by atoms with E-state index in [2.05, 4.69) is 4.90 Å². The topological polar surface area (TPSA) is 117 Å². The number of hydrogen-bond donors (Lipinski definition) is 1. The number of rotatable bonds is 6. The minimum Gasteiger partial charge on any atom is -0.493 e. The highest BCUT2D eigenvalue weighted by Gasteiger charge is 2.31. The molecule has 10 heteroatoms. The van der Waals surface area contributed by atoms with Gasteiger partial charge in [-0.2, -0.15) is 0 Å². The lowest BCUT2D eigenvalue weighted by atomic mass is 9.98. The molecule has 206 valence electrons. The molecule has 5 rings (SSSR count). The van der Waals surface area contributed by atoms with Crippen LogP contribution < -0.4 is 19.3 Å². The number of hydrogen-bond acceptors (Lipinski definition) is 7. The Morgan fingerprint density at radius 1 is 0.725 bits per heavy atom. The first-order chi connectivity index (χ1) is 19.3. The predicted octanol–water partition coefficient (Wildman–Crippen LogP) is 3.48. The third kappa shape index (κ3) is 5.07. The second kappa shape index (κ2) is 11.1. The average Bonchev–Trinajstić information content (AvgIpc) is 2.99. The van der Waals surface area contributed by atoms with Crippen LogP contribution in [0, 0.1) is 0 Å². The lowest BCUT2D eigenvalue weighted by Crippen LogP contribution is -2.49. The van der Waals surface area contributed by atoms with E-state index in [0.29, 0.717) is 55.3 Å². The van der Waals surface area contributed by atoms with Crippen LogP contribution in [0.1, 0.15) is 43.1 Å². The van der Waals surface area contributed by atoms with Crippen LogP contribution in [0.2, 0.25) is 0 Å². The summed E-state index contributed by atoms with van der Waals surface area (Å²) in [6, 6.07) is 16.4. The van der Waals surface area contributed by atoms with Crippen molar-refractivity contribution in [3.05, 3.63) is 82.9 Å². The lowest BCUT2D eigenvalue weighted by Gasteiger charge is -2.37. The highest BCUT2D eigenvalue weighted by atomic mass is 16.5. The van der Waals surface area contributed by atoms with Gasteiger partial charge in [-0.05, 0) is 72.6 Å². The molecule has 0 bridgehead atoms. The van der Waals surface area contributed by atoms with Crippen LogP contribution >= 0.6 is 0 Å². The smallest absolute Gasteiger partial charge is 0.335 e. The summed E-state index contributed by atoms with van der Waals surface area (Å²) in [6.07, 6.45) is 0.713. The molecular weight excluding hydrogens is 514 g/mol. The molecule has 1 fully saturated rings. The Kier molecular flexibility index (Phi) is 7.41. The maximum atomic E-state index is 13.2. The number of amides is 3. The summed E-state index contributed by atoms with van der Waals surface area (Å²) < 4.78 is 10.6. The molecule has 3 amide bonds. The van der Waals surface area contributed by atoms with Crippen molar-refractivity contribution in [2.45, 2.75) is 12.8 Å². The molecule has 0 unspecified atom stereocenters. The van der Waals surface area contributed by atoms with Gasteiger partial charge in [0.25, 0.3) is 11.8 Å². The molecule has 10 nitrogen and oxygen atoms in total. The molecule has 1 saturated heterocycles. The van der Waals surface area contributed by atoms with E-state index in [1.807, 2.05) is 17.0 Å². The highest BCUT2D eigenvalue weighted by Crippen LogP contribution is 2.33. The molecule has 3 aromatic carbocycles. The zero-order chi connectivity index (χ0) is 28.4. The number of methoxy groups -OCH3 is 2. The van der Waals surface area contributed by atoms with Crippen molar-refractivity contribution in [3.8, 4) is 11.5 Å². The number of carbonyl (C=O) groups is 4. The second-order valence-corrected chi connectivity index (χ2v) is 9.58. The summed E-state index contributed by atoms with van der Waals surface area (Å²) in [5.74, 6) is -0.876. The van der Waals surface area contributed by atoms with Crippen molar-refractivity contribution in [1.29, 1.82) is 0 Å². The van der Waals surface area contributed by atoms with Gasteiger partial charge in [0.05, 0.1) is 25.5 Å². The summed E-state index contributed by atoms with van der Waals surface area (Å²) in [6.45, 7) is 2.35. The van der Waals surface area contributed by atoms with Crippen molar-refractivity contribution in [2.75, 3.05) is 50.2 Å². The number of imide groups is 1. The SMILES string of the molecule is COc1ccc(C(=O)N2CCN(c3ccc4c(c3)CCC(=O)N4C(=O)c3ccc(C(=O)O)cc3)CC2)cc1OC. The van der Waals surface area contributed by atoms with Crippen LogP contribution in [-0.4, -0.2) is 74.1 Å². The first-order valence-electron chi connectivity index (χ1n) is 12.9. The first-order valence-corrected chi connectivity index (χ1v) is 12.9. The zero-order valence-electron chi connectivity index (χ0n) is 22.3. The number of piperazine rings is 1. The second-order valence-electron chi connectivity index (χ2n) is 9.58. The fourth-order valence-electron chi connectivity index (χ4n) is 5.10. The van der Waals surface area contributed by atoms with Crippen molar-refractivity contribution in [2.24, 2.45) is 0 Å². The number of anilines is 2. The van der Waals surface area contributed by atoms with Crippen LogP contribution in [-0.2, 0) is 11.2 Å². The van der Waals surface area contributed by atoms with E-state index in [-0.39, 0.29) is 29.4 Å². The van der Waals surface area contributed by atoms with Crippen LogP contribution in [0.4, 0.5) is 11.4 Å². The molecule has 0 aromatic heterocycles. The number of carbonyl (C=O) groups excluding carboxylic acids is 3. The third-order valence-corrected chi connectivity index (χ3v) is 7.31. The van der Waals surface area contributed by atoms with Crippen LogP contribution in [0.15, 0.2) is 60.7 Å². The molecule has 1 N–H and O–H groups in total. The predicted molar refractivity (Wildman–Crippen MR) is 148 cm³/mol. The molecule has 0 saturated carbocycles. The molecule has 2 heterocycles. The molecule has 2 aliphatic rings. The number of carboxylic acid groups (broad SMARTS) is 1. The van der Waals surface area contributed by atoms with Crippen LogP contribution in [0.25, 0.3) is 0 Å². The fraction of sp³-hybridized carbons (Fsp3) is 0.267. The normalized spacial score (nSPS) is 14.9. The van der Waals surface area contributed by atoms with E-state index < -0.39 is 11.9 Å². The maximum Gasteiger partial charge on any atom is 0.335 e. The van der Waals surface area contributed by atoms with Gasteiger partial charge in [0.1, 0.15) is 0 Å². The van der Waals surface area contributed by atoms with Crippen molar-refractivity contribution < 1.29 is 33.8 Å². The van der Waals surface area contributed by atoms with Crippen LogP contribution in [0.3, 0.4) is 0 Å². The average molecular weight is 544 g/mol. The fourth-order valence-corrected chi connectivity index (χ4v) is 5.10. The van der Waals surface area contributed by atoms with Crippen molar-refractivity contribution in [3.63, 3.8) is 0 Å². The third-order valence-electron chi connectivity index (χ3n) is 7.31. The molecule has 0 aliphatic carbocycles. The molecule has 0 spiro atoms. The van der Waals surface area contributed by atoms with Gasteiger partial charge in [0, 0.05) is 49.4 Å². The molecule has 3 aromatic rings. The Balaban J connectivity index is 1.29. The summed E-state index contributed by atoms with van der Waals surface area (Å²) in [4.78, 5) is 55.4. The Morgan fingerprint density at radius 3 is 2.02 bits per heavy atom. The van der Waals surface area contributed by atoms with E-state index in [9.17, 15) is 19.2 Å². The minimum absolute atomic E-state index is 0.0667. The van der Waals surface area contributed by atoms with Gasteiger partial charge in [-0.15, -0.1) is 0 Å². The van der Waals surface area contributed by atoms with E-state index >= 15 is 0 Å². The highest BCUT2D eigenvalue weighted by molar-refractivity contribution is 6.22. The van der Waals surface area contributed by atoms with E-state index in [1.54, 1.807) is 31.4 Å². The monoisotopic (exact) mass is 543 g/mol. The van der Waals surface area contributed by atoms with Gasteiger partial charge in [-0.3, -0.25) is 14.4 Å². The summed E-state index contributed by atoms with van der Waals surface area (Å²) in [5.41, 5.74) is 3.23. The number of aryl methyl sites for hydroxylation is 1. The van der Waals surface area contributed by atoms with Crippen molar-refractivity contribution in [1.82, 2.24) is 4.90 Å². The standard InChI is InChI=1S/C30H29N3O7/c1-39-25-11-7-22(18-26(25)40-2)28(35)32-15-13-31(14-16-32)23-9-10-24-21(17-23)8-12-27(34)33(24)29(36)19-3-5-20(6-4-19)30(37)38/h3-7,9-11,17-18H,8,12-16H2,1-2H3,(H,37,38). The molecule has 0 atom stereocenters. The van der Waals surface area contributed by atoms with E-state index in [4.69, 9.17) is 14.6 Å². The molecular formula is C30H29N3O7. The number of fused-ring (bicyclic) bond motifs is 1. The zero-order valence-corrected chi connectivity index (χ0v) is 22.3. The summed E-state index contributed by atoms with van der Waals surface area (Å²) >= 11 is 0. The number of carboxylic acids is 1. The largest absolute Gasteiger partial charge is 0.493 e. The number of benzene rings is 3. The quantitative estimate of drug-likeness (QED) is 0.470. The Morgan fingerprint density at radius 2 is 1.38 bits per heavy atom. The molecule has 40 heavy (non-hydrogen) atoms. The Bertz CT molecular complexity index is 1480. The minimum atomic E-state index is -1.09. The Labute approximate surface area is 231 Å². The van der Waals surface area contributed by atoms with Gasteiger partial charge in [0.2, 0.25) is 5.91 Å². The first kappa shape index (κ1) is 26.7. The van der Waals surface area contributed by atoms with Gasteiger partial charge < -0.3 is 24.4 Å². The molecule has 2 aliphatic heterocycles. The summed E-state index contributed by atoms with van der Waals surface area (Å²) in [5, 5.41) is 9.12.